The molecule has 386 valence electrons. The minimum absolute atomic E-state index is 0.123. The lowest BCUT2D eigenvalue weighted by Crippen LogP contribution is -2.40. The van der Waals surface area contributed by atoms with Gasteiger partial charge in [-0.25, -0.2) is 39.5 Å². The van der Waals surface area contributed by atoms with Gasteiger partial charge in [0.2, 0.25) is 105 Å². The van der Waals surface area contributed by atoms with Gasteiger partial charge >= 0.3 is 23.9 Å². The second kappa shape index (κ2) is 25.9. The van der Waals surface area contributed by atoms with Gasteiger partial charge < -0.3 is 33.2 Å². The van der Waals surface area contributed by atoms with Crippen molar-refractivity contribution in [1.29, 1.82) is 0 Å². The van der Waals surface area contributed by atoms with E-state index in [1.807, 2.05) is 0 Å². The van der Waals surface area contributed by atoms with E-state index in [4.69, 9.17) is 18.9 Å². The molecule has 4 rings (SSSR count). The van der Waals surface area contributed by atoms with Crippen molar-refractivity contribution in [3.63, 3.8) is 0 Å². The number of benzene rings is 4. The van der Waals surface area contributed by atoms with Gasteiger partial charge in [-0.05, 0) is 12.0 Å². The zero-order valence-corrected chi connectivity index (χ0v) is 35.9. The topological polar surface area (TPSA) is 150 Å². The van der Waals surface area contributed by atoms with Gasteiger partial charge in [-0.2, -0.15) is 26.3 Å². The van der Waals surface area contributed by atoms with Crippen molar-refractivity contribution >= 4 is 29.7 Å². The molecule has 71 heavy (non-hydrogen) atoms. The van der Waals surface area contributed by atoms with Crippen molar-refractivity contribution in [2.75, 3.05) is 39.6 Å². The number of rotatable bonds is 26. The van der Waals surface area contributed by atoms with Crippen LogP contribution in [-0.2, 0) is 49.5 Å². The smallest absolute Gasteiger partial charge is 0.313 e. The zero-order chi connectivity index (χ0) is 52.7. The highest BCUT2D eigenvalue weighted by molar-refractivity contribution is 5.80. The molecule has 0 aliphatic carbocycles. The molecule has 0 fully saturated rings. The Morgan fingerprint density at radius 1 is 0.380 bits per heavy atom. The van der Waals surface area contributed by atoms with Crippen LogP contribution in [-0.4, -0.2) is 69.3 Å². The predicted molar refractivity (Wildman–Crippen MR) is 204 cm³/mol. The normalized spacial score (nSPS) is 11.4. The van der Waals surface area contributed by atoms with Crippen molar-refractivity contribution in [2.45, 2.75) is 51.6 Å². The Labute approximate surface area is 389 Å². The van der Waals surface area contributed by atoms with Gasteiger partial charge in [0, 0.05) is 24.7 Å². The monoisotopic (exact) mass is 1040 g/mol. The number of hydrogen-bond donors (Lipinski definition) is 0. The Bertz CT molecular complexity index is 2310. The third-order valence-electron chi connectivity index (χ3n) is 9.38. The van der Waals surface area contributed by atoms with Crippen molar-refractivity contribution in [3.8, 4) is 17.2 Å². The number of carbonyl (C=O) groups excluding carboxylic acids is 5. The molecule has 0 atom stereocenters. The average Bonchev–Trinajstić information content (AvgIpc) is 3.35. The molecular formula is C44H33F15O12. The van der Waals surface area contributed by atoms with Crippen LogP contribution >= 0.6 is 0 Å². The van der Waals surface area contributed by atoms with Crippen LogP contribution in [0.3, 0.4) is 0 Å². The van der Waals surface area contributed by atoms with Crippen LogP contribution < -0.4 is 14.2 Å². The summed E-state index contributed by atoms with van der Waals surface area (Å²) in [5.41, 5.74) is -1.29. The summed E-state index contributed by atoms with van der Waals surface area (Å²) in [4.78, 5) is 63.1. The van der Waals surface area contributed by atoms with Crippen molar-refractivity contribution in [2.24, 2.45) is 5.41 Å². The molecule has 0 bridgehead atoms. The van der Waals surface area contributed by atoms with E-state index < -0.39 is 211 Å². The van der Waals surface area contributed by atoms with Crippen molar-refractivity contribution < 1.29 is 123 Å². The first-order chi connectivity index (χ1) is 33.5. The van der Waals surface area contributed by atoms with E-state index in [1.165, 1.54) is 0 Å². The van der Waals surface area contributed by atoms with Crippen LogP contribution in [0.2, 0.25) is 0 Å². The van der Waals surface area contributed by atoms with E-state index in [0.29, 0.717) is 5.56 Å². The van der Waals surface area contributed by atoms with Crippen LogP contribution in [0.4, 0.5) is 65.9 Å². The highest BCUT2D eigenvalue weighted by Crippen LogP contribution is 2.33. The molecule has 0 heterocycles. The van der Waals surface area contributed by atoms with Gasteiger partial charge in [0.15, 0.2) is 0 Å². The van der Waals surface area contributed by atoms with E-state index in [-0.39, 0.29) is 19.4 Å². The zero-order valence-electron chi connectivity index (χ0n) is 35.9. The van der Waals surface area contributed by atoms with Crippen LogP contribution in [0, 0.1) is 92.7 Å². The minimum atomic E-state index is -2.57. The number of ketones is 1. The van der Waals surface area contributed by atoms with Crippen molar-refractivity contribution in [1.82, 2.24) is 0 Å². The second-order valence-corrected chi connectivity index (χ2v) is 14.7. The molecular weight excluding hydrogens is 1010 g/mol. The summed E-state index contributed by atoms with van der Waals surface area (Å²) in [7, 11) is 0. The fraction of sp³-hybridized carbons (Fsp3) is 0.341. The summed E-state index contributed by atoms with van der Waals surface area (Å²) < 4.78 is 241. The summed E-state index contributed by atoms with van der Waals surface area (Å²) >= 11 is 0. The van der Waals surface area contributed by atoms with E-state index in [2.05, 4.69) is 14.2 Å². The number of Topliss-reactive ketones (excluding diaryl/α,β-unsaturated/α-hetero) is 1. The molecule has 12 nitrogen and oxygen atoms in total. The third kappa shape index (κ3) is 15.1. The number of ether oxygens (including phenoxy) is 7. The molecule has 0 spiro atoms. The summed E-state index contributed by atoms with van der Waals surface area (Å²) in [6, 6.07) is 8.38. The first kappa shape index (κ1) is 56.8. The van der Waals surface area contributed by atoms with E-state index >= 15 is 0 Å². The molecule has 4 aromatic rings. The SMILES string of the molecule is O=C(CCCC(=O)OCc1ccccc1)CC(COCCC(=O)Oc1c(F)c(F)c(F)c(F)c1F)(COCCC(=O)Oc1c(F)c(F)c(F)c(F)c1F)COCCC(=O)Oc1c(F)c(F)c(F)c(F)c1F. The maximum Gasteiger partial charge on any atom is 0.313 e. The Morgan fingerprint density at radius 2 is 0.690 bits per heavy atom. The minimum Gasteiger partial charge on any atom is -0.461 e. The predicted octanol–water partition coefficient (Wildman–Crippen LogP) is 8.97. The highest BCUT2D eigenvalue weighted by Gasteiger charge is 2.36. The second-order valence-electron chi connectivity index (χ2n) is 14.7. The van der Waals surface area contributed by atoms with Crippen LogP contribution in [0.1, 0.15) is 50.5 Å². The molecule has 0 aliphatic rings. The Hall–Kier alpha value is -6.74. The fourth-order valence-corrected chi connectivity index (χ4v) is 5.88. The van der Waals surface area contributed by atoms with Gasteiger partial charge in [-0.15, -0.1) is 0 Å². The molecule has 0 aromatic heterocycles. The van der Waals surface area contributed by atoms with Crippen LogP contribution in [0.25, 0.3) is 0 Å². The Balaban J connectivity index is 1.52. The Morgan fingerprint density at radius 3 is 1.01 bits per heavy atom. The maximum absolute atomic E-state index is 14.1. The summed E-state index contributed by atoms with van der Waals surface area (Å²) in [6.07, 6.45) is -4.72. The van der Waals surface area contributed by atoms with Crippen LogP contribution in [0.5, 0.6) is 17.2 Å². The molecule has 0 saturated heterocycles. The summed E-state index contributed by atoms with van der Waals surface area (Å²) in [6.45, 7) is -5.21. The highest BCUT2D eigenvalue weighted by atomic mass is 19.2. The molecule has 0 unspecified atom stereocenters. The number of esters is 4. The first-order valence-electron chi connectivity index (χ1n) is 20.1. The molecule has 4 aromatic carbocycles. The molecule has 27 heteroatoms. The Kier molecular flexibility index (Phi) is 20.8. The quantitative estimate of drug-likeness (QED) is 0.0148. The molecule has 0 aliphatic heterocycles. The molecule has 0 N–H and O–H groups in total. The summed E-state index contributed by atoms with van der Waals surface area (Å²) in [5, 5.41) is 0. The van der Waals surface area contributed by atoms with E-state index in [0.717, 1.165) is 0 Å². The van der Waals surface area contributed by atoms with Gasteiger partial charge in [0.1, 0.15) is 12.4 Å². The maximum atomic E-state index is 14.1. The third-order valence-corrected chi connectivity index (χ3v) is 9.38. The number of carbonyl (C=O) groups is 5. The molecule has 0 amide bonds. The van der Waals surface area contributed by atoms with Crippen molar-refractivity contribution in [3.05, 3.63) is 123 Å². The lowest BCUT2D eigenvalue weighted by Gasteiger charge is -2.33. The summed E-state index contributed by atoms with van der Waals surface area (Å²) in [5.74, 6) is -49.9. The average molecular weight is 1040 g/mol. The first-order valence-corrected chi connectivity index (χ1v) is 20.1. The van der Waals surface area contributed by atoms with Gasteiger partial charge in [-0.1, -0.05) is 30.3 Å². The van der Waals surface area contributed by atoms with E-state index in [9.17, 15) is 89.8 Å². The van der Waals surface area contributed by atoms with Gasteiger partial charge in [-0.3, -0.25) is 24.0 Å². The number of hydrogen-bond acceptors (Lipinski definition) is 12. The molecule has 0 radical (unpaired) electrons. The lowest BCUT2D eigenvalue weighted by atomic mass is 9.84. The molecule has 0 saturated carbocycles. The largest absolute Gasteiger partial charge is 0.461 e. The van der Waals surface area contributed by atoms with Gasteiger partial charge in [0.25, 0.3) is 0 Å². The lowest BCUT2D eigenvalue weighted by molar-refractivity contribution is -0.145. The van der Waals surface area contributed by atoms with Crippen LogP contribution in [0.15, 0.2) is 30.3 Å². The van der Waals surface area contributed by atoms with E-state index in [1.54, 1.807) is 30.3 Å². The number of halogens is 15. The fourth-order valence-electron chi connectivity index (χ4n) is 5.88. The standard InChI is InChI=1S/C44H33F15O12/c45-26-29(48)35(54)41(36(55)30(26)49)69-23(62)9-12-65-17-44(15-21(60)7-4-8-22(61)68-16-20-5-2-1-3-6-20,18-66-13-10-24(63)70-42-37(56)31(50)27(46)32(51)38(42)57)19-67-14-11-25(64)71-43-39(58)33(52)28(47)34(53)40(43)59/h1-3,5-6H,4,7-19H2. The van der Waals surface area contributed by atoms with Gasteiger partial charge in [0.05, 0.1) is 58.9 Å².